The van der Waals surface area contributed by atoms with E-state index < -0.39 is 15.3 Å². The van der Waals surface area contributed by atoms with Crippen LogP contribution in [-0.4, -0.2) is 53.0 Å². The molecule has 47 heavy (non-hydrogen) atoms. The molecule has 1 aromatic heterocycles. The van der Waals surface area contributed by atoms with E-state index in [-0.39, 0.29) is 28.4 Å². The standard InChI is InChI=1S/C37H44ClN3O4S2/c1-24-7-5-16-37(44-3,35-39-17-18-46-35)31-12-9-28(31)21-41-22-36(15-6-8-26-19-29(38)11-13-30(26)36)23-45-33-14-10-27(20-32(33)41)34(42)40-47(4,43)25(24)2/h5,10-11,13-14,16-20,24-25,28,31H,4,6-9,12,15,21-23H2,1-3H3,(H,40,42,43)/b16-5+/t24-,25+,28-,31+,36-,37-,47?/m0/s1. The summed E-state index contributed by atoms with van der Waals surface area (Å²) in [7, 11) is -1.16. The van der Waals surface area contributed by atoms with Gasteiger partial charge in [0.2, 0.25) is 0 Å². The number of amides is 1. The minimum absolute atomic E-state index is 0.00729. The van der Waals surface area contributed by atoms with Crippen molar-refractivity contribution < 1.29 is 18.5 Å². The Balaban J connectivity index is 1.35. The maximum Gasteiger partial charge on any atom is 0.262 e. The van der Waals surface area contributed by atoms with E-state index in [1.165, 1.54) is 11.1 Å². The van der Waals surface area contributed by atoms with Crippen molar-refractivity contribution >= 4 is 50.1 Å². The Morgan fingerprint density at radius 3 is 2.81 bits per heavy atom. The molecule has 2 aliphatic carbocycles. The van der Waals surface area contributed by atoms with Crippen molar-refractivity contribution in [3.8, 4) is 5.75 Å². The Morgan fingerprint density at radius 1 is 1.21 bits per heavy atom. The molecule has 3 heterocycles. The molecule has 2 bridgehead atoms. The molecule has 1 saturated carbocycles. The van der Waals surface area contributed by atoms with E-state index >= 15 is 0 Å². The number of ether oxygens (including phenoxy) is 2. The van der Waals surface area contributed by atoms with E-state index in [4.69, 9.17) is 26.1 Å². The van der Waals surface area contributed by atoms with Gasteiger partial charge in [0.05, 0.1) is 22.0 Å². The summed E-state index contributed by atoms with van der Waals surface area (Å²) in [6.45, 7) is 6.03. The Labute approximate surface area is 287 Å². The highest BCUT2D eigenvalue weighted by molar-refractivity contribution is 7.99. The van der Waals surface area contributed by atoms with Gasteiger partial charge in [-0.25, -0.2) is 9.19 Å². The lowest BCUT2D eigenvalue weighted by molar-refractivity contribution is -0.0805. The number of methoxy groups -OCH3 is 1. The molecule has 4 aliphatic rings. The monoisotopic (exact) mass is 693 g/mol. The Morgan fingerprint density at radius 2 is 2.06 bits per heavy atom. The van der Waals surface area contributed by atoms with E-state index in [2.05, 4.69) is 46.7 Å². The molecule has 0 saturated heterocycles. The van der Waals surface area contributed by atoms with Crippen LogP contribution in [-0.2, 0) is 31.9 Å². The number of halogens is 1. The van der Waals surface area contributed by atoms with Crippen LogP contribution in [0.3, 0.4) is 0 Å². The number of anilines is 1. The smallest absolute Gasteiger partial charge is 0.262 e. The highest BCUT2D eigenvalue weighted by atomic mass is 35.5. The molecule has 1 amide bonds. The fourth-order valence-corrected chi connectivity index (χ4v) is 10.8. The molecule has 7 nitrogen and oxygen atoms in total. The number of nitrogens with zero attached hydrogens (tertiary/aromatic N) is 2. The zero-order chi connectivity index (χ0) is 33.0. The molecule has 2 aromatic carbocycles. The number of carbonyl (C=O) groups excluding carboxylic acids is 1. The van der Waals surface area contributed by atoms with Gasteiger partial charge in [-0.3, -0.25) is 9.52 Å². The summed E-state index contributed by atoms with van der Waals surface area (Å²) >= 11 is 8.10. The average molecular weight is 694 g/mol. The van der Waals surface area contributed by atoms with E-state index in [0.717, 1.165) is 66.7 Å². The molecule has 1 fully saturated rings. The molecule has 0 radical (unpaired) electrons. The first-order chi connectivity index (χ1) is 22.5. The third-order valence-electron chi connectivity index (χ3n) is 11.4. The van der Waals surface area contributed by atoms with Crippen LogP contribution in [0.5, 0.6) is 5.75 Å². The minimum atomic E-state index is -2.95. The third-order valence-corrected chi connectivity index (χ3v) is 14.7. The zero-order valence-electron chi connectivity index (χ0n) is 27.4. The molecule has 10 heteroatoms. The largest absolute Gasteiger partial charge is 0.490 e. The maximum atomic E-state index is 13.9. The fraction of sp³-hybridized carbons (Fsp3) is 0.486. The number of rotatable bonds is 2. The van der Waals surface area contributed by atoms with Gasteiger partial charge in [-0.2, -0.15) is 0 Å². The van der Waals surface area contributed by atoms with Gasteiger partial charge >= 0.3 is 0 Å². The topological polar surface area (TPSA) is 80.8 Å². The summed E-state index contributed by atoms with van der Waals surface area (Å²) in [6, 6.07) is 11.9. The number of aromatic nitrogens is 1. The molecular formula is C37H44ClN3O4S2. The van der Waals surface area contributed by atoms with Gasteiger partial charge in [-0.1, -0.05) is 30.7 Å². The van der Waals surface area contributed by atoms with Crippen LogP contribution in [0.1, 0.15) is 72.4 Å². The molecule has 2 aliphatic heterocycles. The van der Waals surface area contributed by atoms with Crippen molar-refractivity contribution in [2.45, 2.75) is 68.6 Å². The Kier molecular flexibility index (Phi) is 8.73. The third kappa shape index (κ3) is 5.81. The van der Waals surface area contributed by atoms with Crippen LogP contribution in [0.2, 0.25) is 5.02 Å². The van der Waals surface area contributed by atoms with Crippen molar-refractivity contribution in [2.24, 2.45) is 17.8 Å². The van der Waals surface area contributed by atoms with Crippen LogP contribution in [0.25, 0.3) is 0 Å². The summed E-state index contributed by atoms with van der Waals surface area (Å²) in [5, 5.41) is 3.38. The van der Waals surface area contributed by atoms with Crippen LogP contribution in [0.4, 0.5) is 5.69 Å². The number of nitrogens with one attached hydrogen (secondary N) is 1. The number of aryl methyl sites for hydroxylation is 1. The second-order valence-electron chi connectivity index (χ2n) is 14.0. The summed E-state index contributed by atoms with van der Waals surface area (Å²) in [5.41, 5.74) is 3.02. The molecular weight excluding hydrogens is 650 g/mol. The number of hydrogen-bond donors (Lipinski definition) is 1. The van der Waals surface area contributed by atoms with Gasteiger partial charge in [0.15, 0.2) is 0 Å². The molecule has 1 unspecified atom stereocenters. The van der Waals surface area contributed by atoms with Crippen molar-refractivity contribution in [3.63, 3.8) is 0 Å². The first-order valence-electron chi connectivity index (χ1n) is 16.7. The van der Waals surface area contributed by atoms with E-state index in [1.54, 1.807) is 24.5 Å². The summed E-state index contributed by atoms with van der Waals surface area (Å²) in [6.07, 6.45) is 12.0. The van der Waals surface area contributed by atoms with Crippen molar-refractivity contribution in [1.82, 2.24) is 9.71 Å². The molecule has 7 atom stereocenters. The zero-order valence-corrected chi connectivity index (χ0v) is 29.8. The van der Waals surface area contributed by atoms with Gasteiger partial charge in [-0.05, 0) is 111 Å². The van der Waals surface area contributed by atoms with Crippen molar-refractivity contribution in [2.75, 3.05) is 31.7 Å². The van der Waals surface area contributed by atoms with Crippen LogP contribution >= 0.6 is 22.9 Å². The predicted molar refractivity (Wildman–Crippen MR) is 192 cm³/mol. The maximum absolute atomic E-state index is 13.9. The molecule has 1 N–H and O–H groups in total. The second-order valence-corrected chi connectivity index (χ2v) is 17.8. The Bertz CT molecular complexity index is 1790. The van der Waals surface area contributed by atoms with Crippen LogP contribution in [0.15, 0.2) is 60.1 Å². The van der Waals surface area contributed by atoms with Crippen molar-refractivity contribution in [1.29, 1.82) is 0 Å². The SMILES string of the molecule is C=S1(=O)NC(=O)c2ccc3c(c2)N(C[C@@H]2CC[C@H]2[C@](OC)(c2nccs2)/C=C/C[C@H](C)[C@H]1C)C[C@@]1(CCCc2cc(Cl)ccc21)CO3. The van der Waals surface area contributed by atoms with Gasteiger partial charge in [-0.15, -0.1) is 11.3 Å². The number of carbonyl (C=O) groups is 1. The lowest BCUT2D eigenvalue weighted by Crippen LogP contribution is -2.52. The highest BCUT2D eigenvalue weighted by Gasteiger charge is 2.51. The first-order valence-corrected chi connectivity index (χ1v) is 19.7. The molecule has 250 valence electrons. The number of hydrogen-bond acceptors (Lipinski definition) is 7. The summed E-state index contributed by atoms with van der Waals surface area (Å²) in [5.74, 6) is 4.94. The van der Waals surface area contributed by atoms with Crippen LogP contribution < -0.4 is 14.4 Å². The van der Waals surface area contributed by atoms with E-state index in [0.29, 0.717) is 24.5 Å². The quantitative estimate of drug-likeness (QED) is 0.226. The van der Waals surface area contributed by atoms with Gasteiger partial charge < -0.3 is 14.4 Å². The normalized spacial score (nSPS) is 34.6. The summed E-state index contributed by atoms with van der Waals surface area (Å²) in [4.78, 5) is 20.9. The lowest BCUT2D eigenvalue weighted by Gasteiger charge is -2.49. The fourth-order valence-electron chi connectivity index (χ4n) is 8.30. The molecule has 7 rings (SSSR count). The first kappa shape index (κ1) is 32.7. The van der Waals surface area contributed by atoms with Gasteiger partial charge in [0.25, 0.3) is 5.91 Å². The van der Waals surface area contributed by atoms with E-state index in [1.807, 2.05) is 36.7 Å². The predicted octanol–water partition coefficient (Wildman–Crippen LogP) is 7.18. The van der Waals surface area contributed by atoms with Gasteiger partial charge in [0.1, 0.15) is 16.4 Å². The van der Waals surface area contributed by atoms with E-state index in [9.17, 15) is 9.00 Å². The minimum Gasteiger partial charge on any atom is -0.490 e. The highest BCUT2D eigenvalue weighted by Crippen LogP contribution is 2.52. The lowest BCUT2D eigenvalue weighted by atomic mass is 9.64. The number of fused-ring (bicyclic) bond motifs is 4. The van der Waals surface area contributed by atoms with Crippen molar-refractivity contribution in [3.05, 3.63) is 86.8 Å². The molecule has 1 spiro atoms. The molecule has 3 aromatic rings. The number of thiazole rings is 1. The average Bonchev–Trinajstić information content (AvgIpc) is 3.54. The second kappa shape index (κ2) is 12.6. The number of allylic oxidation sites excluding steroid dienone is 1. The number of benzene rings is 2. The Hall–Kier alpha value is -2.85. The van der Waals surface area contributed by atoms with Gasteiger partial charge in [0, 0.05) is 58.9 Å². The summed E-state index contributed by atoms with van der Waals surface area (Å²) < 4.78 is 29.9. The van der Waals surface area contributed by atoms with Crippen LogP contribution in [0, 0.1) is 17.8 Å².